The summed E-state index contributed by atoms with van der Waals surface area (Å²) in [4.78, 5) is 12.8. The first-order valence-electron chi connectivity index (χ1n) is 8.85. The number of nitrogens with zero attached hydrogens (tertiary/aromatic N) is 3. The first kappa shape index (κ1) is 17.2. The molecule has 0 spiro atoms. The minimum absolute atomic E-state index is 0.158. The van der Waals surface area contributed by atoms with E-state index in [2.05, 4.69) is 10.4 Å². The van der Waals surface area contributed by atoms with Gasteiger partial charge in [-0.3, -0.25) is 9.48 Å². The van der Waals surface area contributed by atoms with Crippen LogP contribution in [0.5, 0.6) is 11.5 Å². The number of aromatic nitrogens is 3. The Morgan fingerprint density at radius 2 is 1.81 bits per heavy atom. The SMILES string of the molecule is Cc1cc(NC(=O)c2cc(C)n(-c3ccc4c(c3)OCCO4)c2C)n(C)n1. The quantitative estimate of drug-likeness (QED) is 0.773. The summed E-state index contributed by atoms with van der Waals surface area (Å²) in [5.41, 5.74) is 4.25. The van der Waals surface area contributed by atoms with Gasteiger partial charge in [0.1, 0.15) is 19.0 Å². The molecule has 0 atom stereocenters. The molecule has 0 saturated heterocycles. The van der Waals surface area contributed by atoms with Crippen LogP contribution in [0.2, 0.25) is 0 Å². The number of anilines is 1. The number of rotatable bonds is 3. The second-order valence-electron chi connectivity index (χ2n) is 6.70. The third-order valence-electron chi connectivity index (χ3n) is 4.70. The average Bonchev–Trinajstić information content (AvgIpc) is 3.12. The highest BCUT2D eigenvalue weighted by molar-refractivity contribution is 6.05. The summed E-state index contributed by atoms with van der Waals surface area (Å²) in [5.74, 6) is 1.98. The Kier molecular flexibility index (Phi) is 4.14. The third-order valence-corrected chi connectivity index (χ3v) is 4.70. The van der Waals surface area contributed by atoms with E-state index in [0.717, 1.165) is 34.3 Å². The van der Waals surface area contributed by atoms with E-state index in [4.69, 9.17) is 9.47 Å². The van der Waals surface area contributed by atoms with Crippen molar-refractivity contribution < 1.29 is 14.3 Å². The summed E-state index contributed by atoms with van der Waals surface area (Å²) in [7, 11) is 1.81. The van der Waals surface area contributed by atoms with Crippen LogP contribution < -0.4 is 14.8 Å². The number of carbonyl (C=O) groups excluding carboxylic acids is 1. The molecular formula is C20H22N4O3. The Hall–Kier alpha value is -3.22. The van der Waals surface area contributed by atoms with Gasteiger partial charge in [-0.05, 0) is 39.0 Å². The van der Waals surface area contributed by atoms with Crippen LogP contribution in [0.3, 0.4) is 0 Å². The van der Waals surface area contributed by atoms with Crippen LogP contribution in [-0.4, -0.2) is 33.5 Å². The van der Waals surface area contributed by atoms with Gasteiger partial charge < -0.3 is 19.4 Å². The van der Waals surface area contributed by atoms with E-state index in [0.29, 0.717) is 24.6 Å². The van der Waals surface area contributed by atoms with Crippen molar-refractivity contribution in [3.63, 3.8) is 0 Å². The van der Waals surface area contributed by atoms with Crippen molar-refractivity contribution in [1.82, 2.24) is 14.3 Å². The molecule has 27 heavy (non-hydrogen) atoms. The molecule has 7 heteroatoms. The van der Waals surface area contributed by atoms with Crippen molar-refractivity contribution in [3.05, 3.63) is 53.0 Å². The van der Waals surface area contributed by atoms with Crippen molar-refractivity contribution in [2.75, 3.05) is 18.5 Å². The van der Waals surface area contributed by atoms with Crippen LogP contribution in [0.4, 0.5) is 5.82 Å². The highest BCUT2D eigenvalue weighted by Crippen LogP contribution is 2.33. The minimum atomic E-state index is -0.158. The summed E-state index contributed by atoms with van der Waals surface area (Å²) in [6, 6.07) is 9.56. The van der Waals surface area contributed by atoms with Gasteiger partial charge in [0.15, 0.2) is 11.5 Å². The predicted molar refractivity (Wildman–Crippen MR) is 102 cm³/mol. The third kappa shape index (κ3) is 3.05. The molecule has 0 saturated carbocycles. The molecule has 1 aliphatic rings. The number of fused-ring (bicyclic) bond motifs is 1. The lowest BCUT2D eigenvalue weighted by Crippen LogP contribution is -2.16. The van der Waals surface area contributed by atoms with E-state index in [9.17, 15) is 4.79 Å². The Bertz CT molecular complexity index is 1030. The summed E-state index contributed by atoms with van der Waals surface area (Å²) in [6.45, 7) is 6.91. The number of amides is 1. The number of benzene rings is 1. The van der Waals surface area contributed by atoms with E-state index >= 15 is 0 Å². The fourth-order valence-corrected chi connectivity index (χ4v) is 3.47. The first-order chi connectivity index (χ1) is 12.9. The van der Waals surface area contributed by atoms with Gasteiger partial charge in [0.2, 0.25) is 0 Å². The fourth-order valence-electron chi connectivity index (χ4n) is 3.47. The van der Waals surface area contributed by atoms with Gasteiger partial charge in [0.25, 0.3) is 5.91 Å². The number of nitrogens with one attached hydrogen (secondary N) is 1. The monoisotopic (exact) mass is 366 g/mol. The zero-order chi connectivity index (χ0) is 19.1. The van der Waals surface area contributed by atoms with Crippen molar-refractivity contribution in [2.45, 2.75) is 20.8 Å². The summed E-state index contributed by atoms with van der Waals surface area (Å²) >= 11 is 0. The second-order valence-corrected chi connectivity index (χ2v) is 6.70. The number of ether oxygens (including phenoxy) is 2. The van der Waals surface area contributed by atoms with Crippen LogP contribution in [0.15, 0.2) is 30.3 Å². The summed E-state index contributed by atoms with van der Waals surface area (Å²) in [6.07, 6.45) is 0. The van der Waals surface area contributed by atoms with Crippen LogP contribution in [0, 0.1) is 20.8 Å². The largest absolute Gasteiger partial charge is 0.486 e. The smallest absolute Gasteiger partial charge is 0.258 e. The van der Waals surface area contributed by atoms with Gasteiger partial charge in [0, 0.05) is 36.3 Å². The van der Waals surface area contributed by atoms with Gasteiger partial charge in [-0.1, -0.05) is 0 Å². The van der Waals surface area contributed by atoms with Gasteiger partial charge in [0.05, 0.1) is 11.3 Å². The van der Waals surface area contributed by atoms with E-state index < -0.39 is 0 Å². The zero-order valence-electron chi connectivity index (χ0n) is 15.9. The molecular weight excluding hydrogens is 344 g/mol. The van der Waals surface area contributed by atoms with E-state index in [-0.39, 0.29) is 5.91 Å². The van der Waals surface area contributed by atoms with Crippen LogP contribution >= 0.6 is 0 Å². The molecule has 3 aromatic rings. The number of carbonyl (C=O) groups is 1. The van der Waals surface area contributed by atoms with Crippen LogP contribution in [-0.2, 0) is 7.05 Å². The molecule has 1 aliphatic heterocycles. The maximum absolute atomic E-state index is 12.8. The van der Waals surface area contributed by atoms with E-state index in [1.54, 1.807) is 11.7 Å². The lowest BCUT2D eigenvalue weighted by molar-refractivity contribution is 0.102. The Morgan fingerprint density at radius 1 is 1.07 bits per heavy atom. The molecule has 1 amide bonds. The van der Waals surface area contributed by atoms with Crippen molar-refractivity contribution >= 4 is 11.7 Å². The first-order valence-corrected chi connectivity index (χ1v) is 8.85. The van der Waals surface area contributed by atoms with E-state index in [1.165, 1.54) is 0 Å². The van der Waals surface area contributed by atoms with Crippen LogP contribution in [0.25, 0.3) is 5.69 Å². The average molecular weight is 366 g/mol. The van der Waals surface area contributed by atoms with Gasteiger partial charge in [-0.15, -0.1) is 0 Å². The highest BCUT2D eigenvalue weighted by atomic mass is 16.6. The van der Waals surface area contributed by atoms with E-state index in [1.807, 2.05) is 55.7 Å². The Labute approximate surface area is 157 Å². The van der Waals surface area contributed by atoms with Gasteiger partial charge in [-0.2, -0.15) is 5.10 Å². The predicted octanol–water partition coefficient (Wildman–Crippen LogP) is 3.16. The Morgan fingerprint density at radius 3 is 2.52 bits per heavy atom. The fraction of sp³-hybridized carbons (Fsp3) is 0.300. The number of hydrogen-bond acceptors (Lipinski definition) is 4. The number of aryl methyl sites for hydroxylation is 3. The molecule has 7 nitrogen and oxygen atoms in total. The van der Waals surface area contributed by atoms with Crippen molar-refractivity contribution in [1.29, 1.82) is 0 Å². The molecule has 0 aliphatic carbocycles. The number of hydrogen-bond donors (Lipinski definition) is 1. The molecule has 3 heterocycles. The van der Waals surface area contributed by atoms with Crippen molar-refractivity contribution in [3.8, 4) is 17.2 Å². The Balaban J connectivity index is 1.67. The maximum atomic E-state index is 12.8. The lowest BCUT2D eigenvalue weighted by atomic mass is 10.2. The second kappa shape index (κ2) is 6.50. The summed E-state index contributed by atoms with van der Waals surface area (Å²) in [5, 5.41) is 7.20. The normalized spacial score (nSPS) is 12.9. The highest BCUT2D eigenvalue weighted by Gasteiger charge is 2.19. The lowest BCUT2D eigenvalue weighted by Gasteiger charge is -2.20. The molecule has 1 N–H and O–H groups in total. The van der Waals surface area contributed by atoms with Crippen molar-refractivity contribution in [2.24, 2.45) is 7.05 Å². The molecule has 1 aromatic carbocycles. The molecule has 0 bridgehead atoms. The van der Waals surface area contributed by atoms with Gasteiger partial charge >= 0.3 is 0 Å². The van der Waals surface area contributed by atoms with Gasteiger partial charge in [-0.25, -0.2) is 0 Å². The molecule has 0 fully saturated rings. The maximum Gasteiger partial charge on any atom is 0.258 e. The molecule has 140 valence electrons. The minimum Gasteiger partial charge on any atom is -0.486 e. The molecule has 4 rings (SSSR count). The van der Waals surface area contributed by atoms with Crippen LogP contribution in [0.1, 0.15) is 27.4 Å². The topological polar surface area (TPSA) is 70.3 Å². The molecule has 2 aromatic heterocycles. The molecule has 0 unspecified atom stereocenters. The standard InChI is InChI=1S/C20H22N4O3/c1-12-9-19(23(4)22-12)21-20(25)16-10-13(2)24(14(16)3)15-5-6-17-18(11-15)27-8-7-26-17/h5-6,9-11H,7-8H2,1-4H3,(H,21,25). The molecule has 0 radical (unpaired) electrons. The zero-order valence-corrected chi connectivity index (χ0v) is 15.9. The summed E-state index contributed by atoms with van der Waals surface area (Å²) < 4.78 is 15.0.